The quantitative estimate of drug-likeness (QED) is 0.818. The van der Waals surface area contributed by atoms with E-state index in [0.29, 0.717) is 6.07 Å². The minimum atomic E-state index is -4.46. The van der Waals surface area contributed by atoms with Crippen molar-refractivity contribution < 1.29 is 21.6 Å². The Hall–Kier alpha value is -0.860. The van der Waals surface area contributed by atoms with E-state index in [2.05, 4.69) is 10.1 Å². The van der Waals surface area contributed by atoms with Crippen LogP contribution in [0, 0.1) is 5.82 Å². The zero-order chi connectivity index (χ0) is 11.8. The molecule has 84 valence electrons. The number of nitrogens with two attached hydrogens (primary N) is 1. The van der Waals surface area contributed by atoms with Gasteiger partial charge in [-0.2, -0.15) is 0 Å². The summed E-state index contributed by atoms with van der Waals surface area (Å²) in [5.41, 5.74) is -1.11. The van der Waals surface area contributed by atoms with Gasteiger partial charge in [-0.25, -0.2) is 31.7 Å². The Kier molecular flexibility index (Phi) is 3.22. The number of pyridine rings is 1. The third kappa shape index (κ3) is 2.58. The number of nitrogens with zero attached hydrogens (tertiary/aromatic N) is 1. The number of sulfonamides is 1. The first-order chi connectivity index (χ1) is 6.73. The van der Waals surface area contributed by atoms with Crippen LogP contribution in [0.3, 0.4) is 0 Å². The maximum Gasteiger partial charge on any atom is 0.266 e. The van der Waals surface area contributed by atoms with Crippen LogP contribution in [-0.4, -0.2) is 13.4 Å². The molecule has 15 heavy (non-hydrogen) atoms. The fourth-order valence-corrected chi connectivity index (χ4v) is 1.73. The first-order valence-electron chi connectivity index (χ1n) is 3.40. The predicted molar refractivity (Wildman–Crippen MR) is 45.5 cm³/mol. The summed E-state index contributed by atoms with van der Waals surface area (Å²) in [4.78, 5) is 2.96. The Morgan fingerprint density at radius 2 is 2.00 bits per heavy atom. The van der Waals surface area contributed by atoms with Crippen molar-refractivity contribution in [2.24, 2.45) is 5.14 Å². The van der Waals surface area contributed by atoms with E-state index in [4.69, 9.17) is 11.6 Å². The minimum Gasteiger partial charge on any atom is -0.223 e. The molecule has 0 aliphatic carbocycles. The first kappa shape index (κ1) is 12.2. The predicted octanol–water partition coefficient (Wildman–Crippen LogP) is 1.46. The number of primary sulfonamides is 1. The summed E-state index contributed by atoms with van der Waals surface area (Å²) < 4.78 is 59.0. The van der Waals surface area contributed by atoms with Crippen LogP contribution >= 0.6 is 11.6 Å². The van der Waals surface area contributed by atoms with Crippen molar-refractivity contribution in [1.29, 1.82) is 0 Å². The van der Waals surface area contributed by atoms with Crippen LogP contribution in [0.25, 0.3) is 0 Å². The molecule has 0 aliphatic heterocycles. The molecule has 1 aromatic rings. The van der Waals surface area contributed by atoms with Crippen molar-refractivity contribution >= 4 is 21.6 Å². The van der Waals surface area contributed by atoms with Crippen LogP contribution in [0.2, 0.25) is 5.15 Å². The highest BCUT2D eigenvalue weighted by Gasteiger charge is 2.24. The fourth-order valence-electron chi connectivity index (χ4n) is 0.849. The van der Waals surface area contributed by atoms with Gasteiger partial charge in [0.15, 0.2) is 16.0 Å². The summed E-state index contributed by atoms with van der Waals surface area (Å²) in [6, 6.07) is 0.291. The van der Waals surface area contributed by atoms with Gasteiger partial charge in [0.1, 0.15) is 0 Å². The third-order valence-corrected chi connectivity index (χ3v) is 2.56. The molecule has 0 aromatic carbocycles. The van der Waals surface area contributed by atoms with E-state index in [1.807, 2.05) is 0 Å². The van der Waals surface area contributed by atoms with Crippen molar-refractivity contribution in [3.63, 3.8) is 0 Å². The molecule has 2 N–H and O–H groups in total. The van der Waals surface area contributed by atoms with Crippen molar-refractivity contribution in [2.45, 2.75) is 11.5 Å². The molecule has 0 unspecified atom stereocenters. The Bertz CT molecular complexity index is 491. The zero-order valence-corrected chi connectivity index (χ0v) is 8.49. The molecule has 0 aliphatic rings. The number of hydrogen-bond donors (Lipinski definition) is 1. The van der Waals surface area contributed by atoms with Gasteiger partial charge in [-0.3, -0.25) is 0 Å². The molecule has 1 rings (SSSR count). The Morgan fingerprint density at radius 3 is 2.40 bits per heavy atom. The van der Waals surface area contributed by atoms with E-state index in [0.717, 1.165) is 0 Å². The van der Waals surface area contributed by atoms with Gasteiger partial charge in [0.05, 0.1) is 5.56 Å². The summed E-state index contributed by atoms with van der Waals surface area (Å²) in [6.45, 7) is 0. The van der Waals surface area contributed by atoms with Crippen molar-refractivity contribution in [2.75, 3.05) is 0 Å². The SMILES string of the molecule is NS(=O)(=O)c1nc(Cl)c(F)cc1C(F)F. The lowest BCUT2D eigenvalue weighted by atomic mass is 10.3. The van der Waals surface area contributed by atoms with Gasteiger partial charge >= 0.3 is 0 Å². The monoisotopic (exact) mass is 260 g/mol. The summed E-state index contributed by atoms with van der Waals surface area (Å²) in [6.07, 6.45) is -3.21. The highest BCUT2D eigenvalue weighted by molar-refractivity contribution is 7.89. The van der Waals surface area contributed by atoms with Crippen LogP contribution in [0.15, 0.2) is 11.1 Å². The molecule has 0 saturated heterocycles. The number of aromatic nitrogens is 1. The zero-order valence-electron chi connectivity index (χ0n) is 6.92. The number of rotatable bonds is 2. The van der Waals surface area contributed by atoms with Crippen LogP contribution in [0.4, 0.5) is 13.2 Å². The molecule has 0 amide bonds. The molecule has 1 heterocycles. The van der Waals surface area contributed by atoms with Crippen LogP contribution in [0.1, 0.15) is 12.0 Å². The highest BCUT2D eigenvalue weighted by atomic mass is 35.5. The molecule has 0 radical (unpaired) electrons. The lowest BCUT2D eigenvalue weighted by molar-refractivity contribution is 0.146. The second-order valence-corrected chi connectivity index (χ2v) is 4.34. The standard InChI is InChI=1S/C6H4ClF3N2O2S/c7-4-3(8)1-2(5(9)10)6(12-4)15(11,13)14/h1,5H,(H2,11,13,14). The number of alkyl halides is 2. The topological polar surface area (TPSA) is 73.1 Å². The normalized spacial score (nSPS) is 12.1. The average Bonchev–Trinajstić information content (AvgIpc) is 2.06. The molecule has 0 atom stereocenters. The fraction of sp³-hybridized carbons (Fsp3) is 0.167. The molecule has 9 heteroatoms. The summed E-state index contributed by atoms with van der Waals surface area (Å²) >= 11 is 5.15. The van der Waals surface area contributed by atoms with E-state index in [1.54, 1.807) is 0 Å². The van der Waals surface area contributed by atoms with Crippen molar-refractivity contribution in [1.82, 2.24) is 4.98 Å². The largest absolute Gasteiger partial charge is 0.266 e. The van der Waals surface area contributed by atoms with Gasteiger partial charge in [0.2, 0.25) is 0 Å². The molecule has 0 saturated carbocycles. The molecule has 4 nitrogen and oxygen atoms in total. The van der Waals surface area contributed by atoms with E-state index in [9.17, 15) is 21.6 Å². The number of hydrogen-bond acceptors (Lipinski definition) is 3. The highest BCUT2D eigenvalue weighted by Crippen LogP contribution is 2.27. The van der Waals surface area contributed by atoms with Gasteiger partial charge < -0.3 is 0 Å². The lowest BCUT2D eigenvalue weighted by Crippen LogP contribution is -2.17. The second-order valence-electron chi connectivity index (χ2n) is 2.50. The summed E-state index contributed by atoms with van der Waals surface area (Å²) in [5, 5.41) is 2.66. The molecular formula is C6H4ClF3N2O2S. The smallest absolute Gasteiger partial charge is 0.223 e. The maximum absolute atomic E-state index is 12.7. The van der Waals surface area contributed by atoms with Gasteiger partial charge in [-0.15, -0.1) is 0 Å². The van der Waals surface area contributed by atoms with Gasteiger partial charge in [0, 0.05) is 0 Å². The Labute approximate surface area is 87.9 Å². The maximum atomic E-state index is 12.7. The van der Waals surface area contributed by atoms with Gasteiger partial charge in [0.25, 0.3) is 16.4 Å². The lowest BCUT2D eigenvalue weighted by Gasteiger charge is -2.06. The van der Waals surface area contributed by atoms with E-state index >= 15 is 0 Å². The first-order valence-corrected chi connectivity index (χ1v) is 5.33. The van der Waals surface area contributed by atoms with Crippen LogP contribution in [-0.2, 0) is 10.0 Å². The second kappa shape index (κ2) is 3.95. The Morgan fingerprint density at radius 1 is 1.47 bits per heavy atom. The minimum absolute atomic E-state index is 0.291. The average molecular weight is 261 g/mol. The molecule has 1 aromatic heterocycles. The van der Waals surface area contributed by atoms with Crippen LogP contribution < -0.4 is 5.14 Å². The summed E-state index contributed by atoms with van der Waals surface area (Å²) in [5.74, 6) is -1.24. The van der Waals surface area contributed by atoms with E-state index in [-0.39, 0.29) is 0 Å². The van der Waals surface area contributed by atoms with Crippen LogP contribution in [0.5, 0.6) is 0 Å². The molecule has 0 fully saturated rings. The van der Waals surface area contributed by atoms with Gasteiger partial charge in [-0.05, 0) is 6.07 Å². The Balaban J connectivity index is 3.56. The molecular weight excluding hydrogens is 257 g/mol. The third-order valence-electron chi connectivity index (χ3n) is 1.43. The van der Waals surface area contributed by atoms with Crippen molar-refractivity contribution in [3.8, 4) is 0 Å². The molecule has 0 bridgehead atoms. The molecule has 0 spiro atoms. The van der Waals surface area contributed by atoms with E-state index < -0.39 is 38.0 Å². The van der Waals surface area contributed by atoms with Crippen molar-refractivity contribution in [3.05, 3.63) is 22.6 Å². The summed E-state index contributed by atoms with van der Waals surface area (Å²) in [7, 11) is -4.46. The number of halogens is 4. The van der Waals surface area contributed by atoms with E-state index in [1.165, 1.54) is 0 Å². The van der Waals surface area contributed by atoms with Gasteiger partial charge in [-0.1, -0.05) is 11.6 Å².